The van der Waals surface area contributed by atoms with E-state index >= 15 is 0 Å². The van der Waals surface area contributed by atoms with Crippen molar-refractivity contribution >= 4 is 11.6 Å². The number of amides is 1. The van der Waals surface area contributed by atoms with E-state index in [2.05, 4.69) is 10.3 Å². The van der Waals surface area contributed by atoms with E-state index in [-0.39, 0.29) is 18.4 Å². The van der Waals surface area contributed by atoms with Crippen molar-refractivity contribution in [1.29, 1.82) is 0 Å². The minimum absolute atomic E-state index is 0.0474. The molecule has 0 radical (unpaired) electrons. The molecule has 4 rings (SSSR count). The Hall–Kier alpha value is -3.40. The first-order valence-electron chi connectivity index (χ1n) is 9.03. The van der Waals surface area contributed by atoms with Crippen LogP contribution in [-0.2, 0) is 11.2 Å². The third-order valence-corrected chi connectivity index (χ3v) is 4.64. The number of nitrogens with one attached hydrogen (secondary N) is 1. The monoisotopic (exact) mass is 355 g/mol. The molecule has 134 valence electrons. The number of aromatic nitrogens is 2. The Bertz CT molecular complexity index is 1020. The number of fused-ring (bicyclic) bond motifs is 1. The van der Waals surface area contributed by atoms with Crippen LogP contribution < -0.4 is 5.32 Å². The van der Waals surface area contributed by atoms with Crippen molar-refractivity contribution in [1.82, 2.24) is 14.7 Å². The highest BCUT2D eigenvalue weighted by Crippen LogP contribution is 2.22. The Balaban J connectivity index is 1.57. The molecule has 0 fully saturated rings. The Morgan fingerprint density at radius 1 is 0.963 bits per heavy atom. The quantitative estimate of drug-likeness (QED) is 0.586. The van der Waals surface area contributed by atoms with Crippen LogP contribution in [0.4, 0.5) is 0 Å². The molecule has 0 saturated carbocycles. The summed E-state index contributed by atoms with van der Waals surface area (Å²) in [5, 5.41) is 3.17. The van der Waals surface area contributed by atoms with Crippen molar-refractivity contribution in [2.75, 3.05) is 0 Å². The third kappa shape index (κ3) is 3.75. The van der Waals surface area contributed by atoms with Crippen LogP contribution in [0.15, 0.2) is 85.2 Å². The maximum atomic E-state index is 12.8. The van der Waals surface area contributed by atoms with E-state index in [0.717, 1.165) is 28.0 Å². The molecule has 0 aliphatic heterocycles. The first kappa shape index (κ1) is 17.0. The van der Waals surface area contributed by atoms with Crippen molar-refractivity contribution in [2.24, 2.45) is 0 Å². The second-order valence-electron chi connectivity index (χ2n) is 6.65. The Morgan fingerprint density at radius 2 is 1.59 bits per heavy atom. The number of imidazole rings is 1. The van der Waals surface area contributed by atoms with Crippen LogP contribution in [0.1, 0.15) is 28.4 Å². The van der Waals surface area contributed by atoms with Crippen molar-refractivity contribution in [3.05, 3.63) is 108 Å². The molecule has 2 aromatic carbocycles. The van der Waals surface area contributed by atoms with Gasteiger partial charge in [0, 0.05) is 12.4 Å². The molecule has 0 unspecified atom stereocenters. The summed E-state index contributed by atoms with van der Waals surface area (Å²) in [6.07, 6.45) is 4.12. The fourth-order valence-electron chi connectivity index (χ4n) is 3.32. The lowest BCUT2D eigenvalue weighted by Gasteiger charge is -2.19. The molecule has 2 heterocycles. The van der Waals surface area contributed by atoms with Crippen LogP contribution in [0.3, 0.4) is 0 Å². The molecule has 4 nitrogen and oxygen atoms in total. The summed E-state index contributed by atoms with van der Waals surface area (Å²) in [5.41, 5.74) is 4.87. The van der Waals surface area contributed by atoms with Gasteiger partial charge in [0.25, 0.3) is 0 Å². The zero-order chi connectivity index (χ0) is 18.6. The predicted molar refractivity (Wildman–Crippen MR) is 107 cm³/mol. The van der Waals surface area contributed by atoms with Gasteiger partial charge in [-0.1, -0.05) is 66.7 Å². The standard InChI is InChI=1S/C23H21N3O/c1-17-9-8-14-26-16-20(24-23(17)26)15-21(27)25-22(18-10-4-2-5-11-18)19-12-6-3-7-13-19/h2-14,16,22H,15H2,1H3,(H,25,27). The number of nitrogens with zero attached hydrogens (tertiary/aromatic N) is 2. The average Bonchev–Trinajstić information content (AvgIpc) is 3.11. The van der Waals surface area contributed by atoms with Gasteiger partial charge in [-0.05, 0) is 29.7 Å². The maximum absolute atomic E-state index is 12.8. The summed E-state index contributed by atoms with van der Waals surface area (Å²) < 4.78 is 1.96. The van der Waals surface area contributed by atoms with Gasteiger partial charge < -0.3 is 9.72 Å². The molecule has 4 heteroatoms. The van der Waals surface area contributed by atoms with Gasteiger partial charge in [-0.15, -0.1) is 0 Å². The van der Waals surface area contributed by atoms with E-state index in [1.54, 1.807) is 0 Å². The molecule has 0 aliphatic rings. The molecule has 0 saturated heterocycles. The van der Waals surface area contributed by atoms with E-state index in [0.29, 0.717) is 0 Å². The number of hydrogen-bond acceptors (Lipinski definition) is 2. The number of rotatable bonds is 5. The normalized spacial score (nSPS) is 11.0. The van der Waals surface area contributed by atoms with E-state index in [9.17, 15) is 4.79 Å². The van der Waals surface area contributed by atoms with Crippen molar-refractivity contribution in [3.8, 4) is 0 Å². The van der Waals surface area contributed by atoms with E-state index in [1.165, 1.54) is 0 Å². The van der Waals surface area contributed by atoms with Gasteiger partial charge in [-0.2, -0.15) is 0 Å². The van der Waals surface area contributed by atoms with Gasteiger partial charge in [0.1, 0.15) is 5.65 Å². The summed E-state index contributed by atoms with van der Waals surface area (Å²) in [7, 11) is 0. The highest BCUT2D eigenvalue weighted by atomic mass is 16.1. The van der Waals surface area contributed by atoms with Gasteiger partial charge in [0.2, 0.25) is 5.91 Å². The van der Waals surface area contributed by atoms with Crippen LogP contribution in [0.5, 0.6) is 0 Å². The van der Waals surface area contributed by atoms with Crippen molar-refractivity contribution in [3.63, 3.8) is 0 Å². The molecule has 0 bridgehead atoms. The maximum Gasteiger partial charge on any atom is 0.226 e. The summed E-state index contributed by atoms with van der Waals surface area (Å²) >= 11 is 0. The summed E-state index contributed by atoms with van der Waals surface area (Å²) in [6.45, 7) is 2.02. The Morgan fingerprint density at radius 3 is 2.19 bits per heavy atom. The summed E-state index contributed by atoms with van der Waals surface area (Å²) in [6, 6.07) is 23.9. The van der Waals surface area contributed by atoms with Crippen LogP contribution in [0.2, 0.25) is 0 Å². The highest BCUT2D eigenvalue weighted by Gasteiger charge is 2.17. The van der Waals surface area contributed by atoms with Crippen LogP contribution in [0.25, 0.3) is 5.65 Å². The topological polar surface area (TPSA) is 46.4 Å². The van der Waals surface area contributed by atoms with Gasteiger partial charge >= 0.3 is 0 Å². The average molecular weight is 355 g/mol. The second kappa shape index (κ2) is 7.46. The van der Waals surface area contributed by atoms with Crippen LogP contribution in [0, 0.1) is 6.92 Å². The molecule has 1 N–H and O–H groups in total. The van der Waals surface area contributed by atoms with Crippen molar-refractivity contribution < 1.29 is 4.79 Å². The number of hydrogen-bond donors (Lipinski definition) is 1. The van der Waals surface area contributed by atoms with Gasteiger partial charge in [-0.25, -0.2) is 4.98 Å². The van der Waals surface area contributed by atoms with Gasteiger partial charge in [0.15, 0.2) is 0 Å². The molecule has 0 aliphatic carbocycles. The summed E-state index contributed by atoms with van der Waals surface area (Å²) in [5.74, 6) is -0.0474. The first-order chi connectivity index (χ1) is 13.2. The molecular weight excluding hydrogens is 334 g/mol. The molecule has 2 aromatic heterocycles. The van der Waals surface area contributed by atoms with Crippen LogP contribution in [-0.4, -0.2) is 15.3 Å². The largest absolute Gasteiger partial charge is 0.345 e. The van der Waals surface area contributed by atoms with E-state index in [1.807, 2.05) is 96.5 Å². The number of aryl methyl sites for hydroxylation is 1. The second-order valence-corrected chi connectivity index (χ2v) is 6.65. The lowest BCUT2D eigenvalue weighted by molar-refractivity contribution is -0.121. The van der Waals surface area contributed by atoms with Crippen molar-refractivity contribution in [2.45, 2.75) is 19.4 Å². The van der Waals surface area contributed by atoms with E-state index in [4.69, 9.17) is 0 Å². The lowest BCUT2D eigenvalue weighted by Crippen LogP contribution is -2.30. The Labute approximate surface area is 158 Å². The molecular formula is C23H21N3O. The zero-order valence-corrected chi connectivity index (χ0v) is 15.2. The molecule has 4 aromatic rings. The number of benzene rings is 2. The summed E-state index contributed by atoms with van der Waals surface area (Å²) in [4.78, 5) is 17.4. The number of carbonyl (C=O) groups excluding carboxylic acids is 1. The molecule has 0 spiro atoms. The molecule has 1 amide bonds. The Kier molecular flexibility index (Phi) is 4.71. The number of carbonyl (C=O) groups is 1. The lowest BCUT2D eigenvalue weighted by atomic mass is 9.98. The van der Waals surface area contributed by atoms with Gasteiger partial charge in [-0.3, -0.25) is 4.79 Å². The fourth-order valence-corrected chi connectivity index (χ4v) is 3.32. The zero-order valence-electron chi connectivity index (χ0n) is 15.2. The smallest absolute Gasteiger partial charge is 0.226 e. The SMILES string of the molecule is Cc1cccn2cc(CC(=O)NC(c3ccccc3)c3ccccc3)nc12. The molecule has 27 heavy (non-hydrogen) atoms. The predicted octanol–water partition coefficient (Wildman–Crippen LogP) is 4.09. The van der Waals surface area contributed by atoms with Gasteiger partial charge in [0.05, 0.1) is 18.2 Å². The van der Waals surface area contributed by atoms with E-state index < -0.39 is 0 Å². The third-order valence-electron chi connectivity index (χ3n) is 4.64. The number of pyridine rings is 1. The first-order valence-corrected chi connectivity index (χ1v) is 9.03. The van der Waals surface area contributed by atoms with Crippen LogP contribution >= 0.6 is 0 Å². The minimum atomic E-state index is -0.182. The molecule has 0 atom stereocenters. The minimum Gasteiger partial charge on any atom is -0.345 e. The highest BCUT2D eigenvalue weighted by molar-refractivity contribution is 5.79. The fraction of sp³-hybridized carbons (Fsp3) is 0.130.